The van der Waals surface area contributed by atoms with E-state index in [1.807, 2.05) is 0 Å². The molecular formula is C12H10N2S3. The first-order valence-corrected chi connectivity index (χ1v) is 7.24. The van der Waals surface area contributed by atoms with Crippen LogP contribution in [-0.2, 0) is 0 Å². The molecule has 2 N–H and O–H groups in total. The highest BCUT2D eigenvalue weighted by Crippen LogP contribution is 2.48. The summed E-state index contributed by atoms with van der Waals surface area (Å²) in [5.41, 5.74) is 9.24. The van der Waals surface area contributed by atoms with E-state index >= 15 is 0 Å². The Kier molecular flexibility index (Phi) is 2.69. The minimum Gasteiger partial charge on any atom is -0.375 e. The molecule has 1 atom stereocenters. The molecule has 0 spiro atoms. The maximum atomic E-state index is 5.75. The summed E-state index contributed by atoms with van der Waals surface area (Å²) in [5, 5.41) is 0.627. The highest BCUT2D eigenvalue weighted by molar-refractivity contribution is 8.24. The predicted octanol–water partition coefficient (Wildman–Crippen LogP) is 3.60. The number of thioether (sulfide) groups is 1. The van der Waals surface area contributed by atoms with Crippen molar-refractivity contribution in [3.8, 4) is 0 Å². The van der Waals surface area contributed by atoms with Gasteiger partial charge in [-0.3, -0.25) is 0 Å². The van der Waals surface area contributed by atoms with E-state index in [2.05, 4.69) is 36.2 Å². The average Bonchev–Trinajstić information content (AvgIpc) is 2.75. The lowest BCUT2D eigenvalue weighted by atomic mass is 9.97. The minimum absolute atomic E-state index is 0.124. The van der Waals surface area contributed by atoms with E-state index in [4.69, 9.17) is 18.0 Å². The highest BCUT2D eigenvalue weighted by atomic mass is 32.2. The Morgan fingerprint density at radius 2 is 2.00 bits per heavy atom. The maximum absolute atomic E-state index is 5.75. The number of nitrogens with zero attached hydrogens (tertiary/aromatic N) is 1. The van der Waals surface area contributed by atoms with Gasteiger partial charge in [-0.1, -0.05) is 65.1 Å². The monoisotopic (exact) mass is 278 g/mol. The van der Waals surface area contributed by atoms with Crippen LogP contribution in [-0.4, -0.2) is 9.18 Å². The molecule has 1 aromatic heterocycles. The molecule has 2 aromatic rings. The Balaban J connectivity index is 2.08. The standard InChI is InChI=1S/C12H10N2S3/c1-6-2-4-7(5-3-6)8-9-11(16-10(8)15)17-12(13)14-9/h2-5,8H,1H3,(H2,13,14). The molecule has 0 saturated carbocycles. The minimum atomic E-state index is 0.124. The Morgan fingerprint density at radius 1 is 1.29 bits per heavy atom. The fourth-order valence-electron chi connectivity index (χ4n) is 1.90. The zero-order valence-electron chi connectivity index (χ0n) is 9.14. The number of aryl methyl sites for hydroxylation is 1. The van der Waals surface area contributed by atoms with E-state index in [0.29, 0.717) is 5.13 Å². The molecule has 2 heterocycles. The number of aromatic nitrogens is 1. The van der Waals surface area contributed by atoms with Gasteiger partial charge in [-0.25, -0.2) is 4.98 Å². The molecule has 1 aromatic carbocycles. The third-order valence-corrected chi connectivity index (χ3v) is 5.26. The van der Waals surface area contributed by atoms with Gasteiger partial charge in [0.05, 0.1) is 20.0 Å². The van der Waals surface area contributed by atoms with E-state index in [0.717, 1.165) is 14.1 Å². The number of rotatable bonds is 1. The lowest BCUT2D eigenvalue weighted by Gasteiger charge is -2.09. The second-order valence-electron chi connectivity index (χ2n) is 3.99. The summed E-state index contributed by atoms with van der Waals surface area (Å²) in [6.07, 6.45) is 0. The fraction of sp³-hybridized carbons (Fsp3) is 0.167. The van der Waals surface area contributed by atoms with Crippen LogP contribution in [0.15, 0.2) is 28.5 Å². The van der Waals surface area contributed by atoms with Gasteiger partial charge in [-0.2, -0.15) is 0 Å². The molecule has 0 aliphatic carbocycles. The van der Waals surface area contributed by atoms with Crippen LogP contribution in [0.25, 0.3) is 0 Å². The van der Waals surface area contributed by atoms with E-state index in [9.17, 15) is 0 Å². The van der Waals surface area contributed by atoms with Crippen molar-refractivity contribution in [3.05, 3.63) is 41.1 Å². The number of hydrogen-bond donors (Lipinski definition) is 1. The van der Waals surface area contributed by atoms with Crippen LogP contribution in [0.3, 0.4) is 0 Å². The van der Waals surface area contributed by atoms with Crippen LogP contribution in [0.1, 0.15) is 22.7 Å². The molecule has 0 saturated heterocycles. The summed E-state index contributed by atoms with van der Waals surface area (Å²) in [6, 6.07) is 8.46. The normalized spacial score (nSPS) is 18.4. The second kappa shape index (κ2) is 4.08. The number of nitrogen functional groups attached to an aromatic ring is 1. The van der Waals surface area contributed by atoms with Crippen LogP contribution in [0.4, 0.5) is 5.13 Å². The van der Waals surface area contributed by atoms with E-state index in [1.165, 1.54) is 22.5 Å². The van der Waals surface area contributed by atoms with Crippen LogP contribution >= 0.6 is 35.3 Å². The number of anilines is 1. The summed E-state index contributed by atoms with van der Waals surface area (Å²) in [4.78, 5) is 4.41. The van der Waals surface area contributed by atoms with Crippen LogP contribution < -0.4 is 5.73 Å². The number of fused-ring (bicyclic) bond motifs is 1. The van der Waals surface area contributed by atoms with Crippen molar-refractivity contribution in [3.63, 3.8) is 0 Å². The van der Waals surface area contributed by atoms with E-state index < -0.39 is 0 Å². The smallest absolute Gasteiger partial charge is 0.181 e. The van der Waals surface area contributed by atoms with Gasteiger partial charge in [0.25, 0.3) is 0 Å². The summed E-state index contributed by atoms with van der Waals surface area (Å²) >= 11 is 8.60. The van der Waals surface area contributed by atoms with Gasteiger partial charge in [0.2, 0.25) is 0 Å². The Labute approximate surface area is 113 Å². The molecule has 5 heteroatoms. The fourth-order valence-corrected chi connectivity index (χ4v) is 4.67. The van der Waals surface area contributed by atoms with Gasteiger partial charge in [0.15, 0.2) is 5.13 Å². The third-order valence-electron chi connectivity index (χ3n) is 2.75. The van der Waals surface area contributed by atoms with Crippen LogP contribution in [0.5, 0.6) is 0 Å². The van der Waals surface area contributed by atoms with Gasteiger partial charge in [-0.05, 0) is 12.5 Å². The van der Waals surface area contributed by atoms with Crippen molar-refractivity contribution in [1.29, 1.82) is 0 Å². The van der Waals surface area contributed by atoms with Crippen molar-refractivity contribution in [2.24, 2.45) is 0 Å². The molecule has 1 aliphatic rings. The van der Waals surface area contributed by atoms with Gasteiger partial charge in [0, 0.05) is 0 Å². The molecular weight excluding hydrogens is 268 g/mol. The number of hydrogen-bond acceptors (Lipinski definition) is 5. The highest BCUT2D eigenvalue weighted by Gasteiger charge is 2.33. The van der Waals surface area contributed by atoms with Crippen LogP contribution in [0.2, 0.25) is 0 Å². The first kappa shape index (κ1) is 11.2. The molecule has 17 heavy (non-hydrogen) atoms. The second-order valence-corrected chi connectivity index (χ2v) is 7.03. The summed E-state index contributed by atoms with van der Waals surface area (Å²) in [5.74, 6) is 0.124. The molecule has 0 amide bonds. The number of benzene rings is 1. The molecule has 0 bridgehead atoms. The maximum Gasteiger partial charge on any atom is 0.181 e. The summed E-state index contributed by atoms with van der Waals surface area (Å²) < 4.78 is 2.13. The summed E-state index contributed by atoms with van der Waals surface area (Å²) in [6.45, 7) is 2.08. The van der Waals surface area contributed by atoms with Gasteiger partial charge in [-0.15, -0.1) is 0 Å². The molecule has 3 rings (SSSR count). The molecule has 2 nitrogen and oxygen atoms in total. The molecule has 1 aliphatic heterocycles. The summed E-state index contributed by atoms with van der Waals surface area (Å²) in [7, 11) is 0. The average molecular weight is 278 g/mol. The Morgan fingerprint density at radius 3 is 2.71 bits per heavy atom. The van der Waals surface area contributed by atoms with Crippen molar-refractivity contribution >= 4 is 44.6 Å². The lowest BCUT2D eigenvalue weighted by molar-refractivity contribution is 1.02. The topological polar surface area (TPSA) is 38.9 Å². The Hall–Kier alpha value is -0.910. The van der Waals surface area contributed by atoms with Crippen molar-refractivity contribution in [2.75, 3.05) is 5.73 Å². The number of thiazole rings is 1. The quantitative estimate of drug-likeness (QED) is 0.809. The Bertz CT molecular complexity index is 586. The largest absolute Gasteiger partial charge is 0.375 e. The first-order chi connectivity index (χ1) is 8.15. The van der Waals surface area contributed by atoms with Crippen molar-refractivity contribution in [1.82, 2.24) is 4.98 Å². The van der Waals surface area contributed by atoms with Gasteiger partial charge < -0.3 is 5.73 Å². The van der Waals surface area contributed by atoms with Gasteiger partial charge >= 0.3 is 0 Å². The zero-order valence-corrected chi connectivity index (χ0v) is 11.6. The first-order valence-electron chi connectivity index (χ1n) is 5.19. The predicted molar refractivity (Wildman–Crippen MR) is 78.0 cm³/mol. The number of nitrogens with two attached hydrogens (primary N) is 1. The van der Waals surface area contributed by atoms with E-state index in [1.54, 1.807) is 11.8 Å². The van der Waals surface area contributed by atoms with Crippen molar-refractivity contribution < 1.29 is 0 Å². The lowest BCUT2D eigenvalue weighted by Crippen LogP contribution is -2.04. The molecule has 86 valence electrons. The molecule has 0 fully saturated rings. The van der Waals surface area contributed by atoms with Crippen LogP contribution in [0, 0.1) is 6.92 Å². The number of thiocarbonyl (C=S) groups is 1. The van der Waals surface area contributed by atoms with E-state index in [-0.39, 0.29) is 5.92 Å². The van der Waals surface area contributed by atoms with Crippen molar-refractivity contribution in [2.45, 2.75) is 17.1 Å². The third kappa shape index (κ3) is 1.88. The zero-order chi connectivity index (χ0) is 12.0. The van der Waals surface area contributed by atoms with Gasteiger partial charge in [0.1, 0.15) is 0 Å². The molecule has 1 unspecified atom stereocenters. The molecule has 0 radical (unpaired) electrons. The SMILES string of the molecule is Cc1ccc(C2C(=S)Sc3sc(N)nc32)cc1.